The predicted molar refractivity (Wildman–Crippen MR) is 161 cm³/mol. The molecule has 0 atom stereocenters. The van der Waals surface area contributed by atoms with Gasteiger partial charge in [-0.25, -0.2) is 9.67 Å². The van der Waals surface area contributed by atoms with Crippen molar-refractivity contribution in [1.82, 2.24) is 25.2 Å². The van der Waals surface area contributed by atoms with Crippen molar-refractivity contribution in [3.8, 4) is 11.5 Å². The number of amides is 2. The number of aromatic nitrogens is 5. The van der Waals surface area contributed by atoms with Crippen molar-refractivity contribution in [2.24, 2.45) is 0 Å². The smallest absolute Gasteiger partial charge is 0.234 e. The molecule has 210 valence electrons. The summed E-state index contributed by atoms with van der Waals surface area (Å²) in [5.74, 6) is 1.12. The fourth-order valence-electron chi connectivity index (χ4n) is 3.75. The molecule has 5 rings (SSSR count). The van der Waals surface area contributed by atoms with Crippen molar-refractivity contribution in [2.45, 2.75) is 16.0 Å². The van der Waals surface area contributed by atoms with Crippen LogP contribution >= 0.6 is 34.9 Å². The average Bonchev–Trinajstić information content (AvgIpc) is 3.61. The van der Waals surface area contributed by atoms with E-state index in [4.69, 9.17) is 9.47 Å². The topological polar surface area (TPSA) is 133 Å². The van der Waals surface area contributed by atoms with E-state index < -0.39 is 0 Å². The number of rotatable bonds is 12. The van der Waals surface area contributed by atoms with Gasteiger partial charge in [-0.3, -0.25) is 9.59 Å². The first-order valence-electron chi connectivity index (χ1n) is 12.3. The van der Waals surface area contributed by atoms with E-state index in [9.17, 15) is 9.59 Å². The number of carbonyl (C=O) groups excluding carboxylic acids is 2. The molecule has 0 saturated carbocycles. The molecule has 0 aliphatic heterocycles. The summed E-state index contributed by atoms with van der Waals surface area (Å²) in [5, 5.41) is 18.2. The van der Waals surface area contributed by atoms with Gasteiger partial charge in [-0.1, -0.05) is 53.9 Å². The van der Waals surface area contributed by atoms with E-state index >= 15 is 0 Å². The zero-order valence-corrected chi connectivity index (χ0v) is 24.5. The van der Waals surface area contributed by atoms with E-state index in [1.807, 2.05) is 42.5 Å². The van der Waals surface area contributed by atoms with Crippen LogP contribution in [0.3, 0.4) is 0 Å². The molecule has 5 aromatic rings. The number of nitrogens with one attached hydrogen (secondary N) is 2. The zero-order chi connectivity index (χ0) is 28.6. The van der Waals surface area contributed by atoms with Gasteiger partial charge in [0.1, 0.15) is 11.5 Å². The molecule has 0 unspecified atom stereocenters. The first kappa shape index (κ1) is 28.4. The molecule has 0 radical (unpaired) electrons. The third-order valence-electron chi connectivity index (χ3n) is 5.67. The predicted octanol–water partition coefficient (Wildman–Crippen LogP) is 4.81. The maximum absolute atomic E-state index is 12.6. The van der Waals surface area contributed by atoms with Crippen molar-refractivity contribution in [3.05, 3.63) is 72.3 Å². The molecular weight excluding hydrogens is 583 g/mol. The molecular formula is C27H25N7O4S3. The Bertz CT molecular complexity index is 1660. The molecule has 0 bridgehead atoms. The highest BCUT2D eigenvalue weighted by molar-refractivity contribution is 8.01. The molecule has 2 amide bonds. The maximum atomic E-state index is 12.6. The lowest BCUT2D eigenvalue weighted by molar-refractivity contribution is -0.114. The van der Waals surface area contributed by atoms with Gasteiger partial charge in [0.15, 0.2) is 4.34 Å². The fraction of sp³-hybridized carbons (Fsp3) is 0.185. The van der Waals surface area contributed by atoms with E-state index in [-0.39, 0.29) is 23.3 Å². The number of carbonyl (C=O) groups is 2. The van der Waals surface area contributed by atoms with Crippen LogP contribution in [-0.4, -0.2) is 62.7 Å². The molecule has 41 heavy (non-hydrogen) atoms. The van der Waals surface area contributed by atoms with Gasteiger partial charge in [-0.15, -0.1) is 16.4 Å². The number of ether oxygens (including phenoxy) is 2. The highest BCUT2D eigenvalue weighted by Crippen LogP contribution is 2.32. The summed E-state index contributed by atoms with van der Waals surface area (Å²) >= 11 is 4.06. The number of tetrazole rings is 1. The van der Waals surface area contributed by atoms with E-state index in [1.165, 1.54) is 34.9 Å². The third-order valence-corrected chi connectivity index (χ3v) is 8.78. The first-order valence-corrected chi connectivity index (χ1v) is 15.1. The number of methoxy groups -OCH3 is 2. The number of fused-ring (bicyclic) bond motifs is 1. The van der Waals surface area contributed by atoms with Crippen LogP contribution in [0, 0.1) is 0 Å². The van der Waals surface area contributed by atoms with Gasteiger partial charge >= 0.3 is 0 Å². The Balaban J connectivity index is 1.14. The minimum atomic E-state index is -0.193. The van der Waals surface area contributed by atoms with Crippen molar-refractivity contribution < 1.29 is 19.1 Å². The van der Waals surface area contributed by atoms with Gasteiger partial charge in [0.05, 0.1) is 48.2 Å². The van der Waals surface area contributed by atoms with E-state index in [0.29, 0.717) is 34.6 Å². The highest BCUT2D eigenvalue weighted by Gasteiger charge is 2.14. The summed E-state index contributed by atoms with van der Waals surface area (Å²) in [6.45, 7) is 0.525. The van der Waals surface area contributed by atoms with E-state index in [2.05, 4.69) is 31.1 Å². The summed E-state index contributed by atoms with van der Waals surface area (Å²) in [5.41, 5.74) is 3.06. The first-order chi connectivity index (χ1) is 20.0. The van der Waals surface area contributed by atoms with Crippen molar-refractivity contribution in [2.75, 3.05) is 36.4 Å². The van der Waals surface area contributed by atoms with Crippen LogP contribution in [0.5, 0.6) is 11.5 Å². The average molecular weight is 608 g/mol. The van der Waals surface area contributed by atoms with Crippen LogP contribution in [0.4, 0.5) is 11.4 Å². The summed E-state index contributed by atoms with van der Waals surface area (Å²) in [6, 6.07) is 20.6. The highest BCUT2D eigenvalue weighted by atomic mass is 32.2. The van der Waals surface area contributed by atoms with E-state index in [0.717, 1.165) is 20.1 Å². The summed E-state index contributed by atoms with van der Waals surface area (Å²) in [6.07, 6.45) is 0. The third kappa shape index (κ3) is 7.54. The second-order valence-electron chi connectivity index (χ2n) is 8.51. The minimum Gasteiger partial charge on any atom is -0.497 e. The monoisotopic (exact) mass is 607 g/mol. The number of thioether (sulfide) groups is 2. The van der Waals surface area contributed by atoms with Gasteiger partial charge in [0, 0.05) is 11.8 Å². The minimum absolute atomic E-state index is 0.157. The molecule has 0 aliphatic carbocycles. The second-order valence-corrected chi connectivity index (χ2v) is 11.7. The van der Waals surface area contributed by atoms with Crippen LogP contribution in [0.15, 0.2) is 76.2 Å². The Kier molecular flexibility index (Phi) is 9.33. The quantitative estimate of drug-likeness (QED) is 0.190. The van der Waals surface area contributed by atoms with Gasteiger partial charge < -0.3 is 20.1 Å². The second kappa shape index (κ2) is 13.5. The van der Waals surface area contributed by atoms with Gasteiger partial charge in [0.2, 0.25) is 17.0 Å². The van der Waals surface area contributed by atoms with Crippen molar-refractivity contribution in [3.63, 3.8) is 0 Å². The van der Waals surface area contributed by atoms with Crippen LogP contribution in [0.2, 0.25) is 0 Å². The molecule has 2 heterocycles. The van der Waals surface area contributed by atoms with Crippen LogP contribution in [0.1, 0.15) is 5.56 Å². The summed E-state index contributed by atoms with van der Waals surface area (Å²) in [7, 11) is 3.10. The Morgan fingerprint density at radius 3 is 2.54 bits per heavy atom. The number of benzene rings is 3. The zero-order valence-electron chi connectivity index (χ0n) is 22.1. The molecule has 0 saturated heterocycles. The number of nitrogens with zero attached hydrogens (tertiary/aromatic N) is 5. The van der Waals surface area contributed by atoms with Gasteiger partial charge in [-0.2, -0.15) is 0 Å². The fourth-order valence-corrected chi connectivity index (χ4v) is 6.34. The van der Waals surface area contributed by atoms with Crippen LogP contribution in [0.25, 0.3) is 10.2 Å². The molecule has 3 aromatic carbocycles. The molecule has 2 N–H and O–H groups in total. The molecule has 0 fully saturated rings. The number of thiazole rings is 1. The summed E-state index contributed by atoms with van der Waals surface area (Å²) < 4.78 is 13.9. The lowest BCUT2D eigenvalue weighted by atomic mass is 10.2. The maximum Gasteiger partial charge on any atom is 0.234 e. The summed E-state index contributed by atoms with van der Waals surface area (Å²) in [4.78, 5) is 29.8. The standard InChI is InChI=1S/C27H25N7O4S3/c1-37-19-9-11-22(38-2)21(13-19)29-25(36)16-40-27-30-20-10-8-18(12-23(20)41-27)28-24(35)15-39-26-31-32-33-34(26)14-17-6-4-3-5-7-17/h3-13H,14-16H2,1-2H3,(H,28,35)(H,29,36). The Morgan fingerprint density at radius 2 is 1.73 bits per heavy atom. The Labute approximate surface area is 248 Å². The van der Waals surface area contributed by atoms with E-state index in [1.54, 1.807) is 43.2 Å². The molecule has 0 aliphatic rings. The SMILES string of the molecule is COc1ccc(OC)c(NC(=O)CSc2nc3ccc(NC(=O)CSc4nnnn4Cc4ccccc4)cc3s2)c1. The van der Waals surface area contributed by atoms with Crippen LogP contribution < -0.4 is 20.1 Å². The van der Waals surface area contributed by atoms with Crippen LogP contribution in [-0.2, 0) is 16.1 Å². The molecule has 11 nitrogen and oxygen atoms in total. The normalized spacial score (nSPS) is 10.9. The lowest BCUT2D eigenvalue weighted by Gasteiger charge is -2.11. The Morgan fingerprint density at radius 1 is 0.927 bits per heavy atom. The van der Waals surface area contributed by atoms with Crippen molar-refractivity contribution >= 4 is 68.3 Å². The lowest BCUT2D eigenvalue weighted by Crippen LogP contribution is -2.14. The molecule has 14 heteroatoms. The molecule has 0 spiro atoms. The van der Waals surface area contributed by atoms with Gasteiger partial charge in [-0.05, 0) is 46.3 Å². The molecule has 2 aromatic heterocycles. The number of hydrogen-bond acceptors (Lipinski definition) is 11. The Hall–Kier alpha value is -4.14. The number of hydrogen-bond donors (Lipinski definition) is 2. The van der Waals surface area contributed by atoms with Gasteiger partial charge in [0.25, 0.3) is 0 Å². The largest absolute Gasteiger partial charge is 0.497 e. The van der Waals surface area contributed by atoms with Crippen molar-refractivity contribution in [1.29, 1.82) is 0 Å². The number of anilines is 2.